The first-order chi connectivity index (χ1) is 25.7. The van der Waals surface area contributed by atoms with Gasteiger partial charge in [0.25, 0.3) is 0 Å². The molecule has 0 unspecified atom stereocenters. The van der Waals surface area contributed by atoms with Crippen molar-refractivity contribution in [1.29, 1.82) is 0 Å². The van der Waals surface area contributed by atoms with Crippen LogP contribution < -0.4 is 0 Å². The zero-order valence-electron chi connectivity index (χ0n) is 31.9. The Balaban J connectivity index is 0.000000324. The quantitative estimate of drug-likeness (QED) is 0.150. The molecule has 4 nitrogen and oxygen atoms in total. The van der Waals surface area contributed by atoms with Crippen molar-refractivity contribution in [2.45, 2.75) is 54.4 Å². The van der Waals surface area contributed by atoms with Crippen LogP contribution in [0.15, 0.2) is 132 Å². The van der Waals surface area contributed by atoms with Gasteiger partial charge in [-0.3, -0.25) is 0 Å². The minimum atomic E-state index is 0. The number of aryl methyl sites for hydroxylation is 2. The Morgan fingerprint density at radius 1 is 0.630 bits per heavy atom. The zero-order valence-corrected chi connectivity index (χ0v) is 34.3. The Hall–Kier alpha value is -5.22. The van der Waals surface area contributed by atoms with Crippen molar-refractivity contribution in [3.8, 4) is 44.9 Å². The van der Waals surface area contributed by atoms with Crippen molar-refractivity contribution in [2.75, 3.05) is 0 Å². The minimum Gasteiger partial charge on any atom is -0.486 e. The van der Waals surface area contributed by atoms with Crippen molar-refractivity contribution in [3.05, 3.63) is 162 Å². The van der Waals surface area contributed by atoms with E-state index in [-0.39, 0.29) is 20.1 Å². The summed E-state index contributed by atoms with van der Waals surface area (Å²) in [6.45, 7) is 15.7. The zero-order chi connectivity index (χ0) is 37.1. The molecule has 0 spiro atoms. The molecule has 0 saturated heterocycles. The van der Waals surface area contributed by atoms with Gasteiger partial charge in [0.1, 0.15) is 0 Å². The summed E-state index contributed by atoms with van der Waals surface area (Å²) in [7, 11) is 0. The summed E-state index contributed by atoms with van der Waals surface area (Å²) in [5, 5.41) is 2.03. The number of fused-ring (bicyclic) bond motifs is 3. The predicted octanol–water partition coefficient (Wildman–Crippen LogP) is 13.0. The normalized spacial score (nSPS) is 11.2. The van der Waals surface area contributed by atoms with Crippen LogP contribution in [0.2, 0.25) is 0 Å². The topological polar surface area (TPSA) is 51.8 Å². The van der Waals surface area contributed by atoms with Gasteiger partial charge >= 0.3 is 0 Å². The van der Waals surface area contributed by atoms with Crippen LogP contribution in [0.1, 0.15) is 55.9 Å². The fraction of sp³-hybridized carbons (Fsp3) is 0.204. The van der Waals surface area contributed by atoms with E-state index in [1.54, 1.807) is 6.20 Å². The van der Waals surface area contributed by atoms with Crippen LogP contribution in [0.5, 0.6) is 0 Å². The van der Waals surface area contributed by atoms with Crippen molar-refractivity contribution in [3.63, 3.8) is 0 Å². The Bertz CT molecular complexity index is 2440. The van der Waals surface area contributed by atoms with Crippen molar-refractivity contribution >= 4 is 22.1 Å². The van der Waals surface area contributed by atoms with E-state index < -0.39 is 0 Å². The first kappa shape index (κ1) is 38.5. The molecule has 0 saturated carbocycles. The predicted molar refractivity (Wildman–Crippen MR) is 220 cm³/mol. The number of rotatable bonds is 7. The fourth-order valence-electron chi connectivity index (χ4n) is 7.74. The summed E-state index contributed by atoms with van der Waals surface area (Å²) in [4.78, 5) is 14.2. The van der Waals surface area contributed by atoms with Crippen LogP contribution in [0.4, 0.5) is 0 Å². The SMILES string of the molecule is Cc1cc(-c2[c-]ccc3c2oc2nc(-c4c(C)ccc(-c5ccccc5)c4C)ccc23)ncc1C(C(C)C)C(C)C.[Ir].[c-]1ccccc1-c1ccccn1. The maximum atomic E-state index is 6.51. The van der Waals surface area contributed by atoms with E-state index in [4.69, 9.17) is 14.4 Å². The second-order valence-corrected chi connectivity index (χ2v) is 14.5. The molecule has 4 heterocycles. The molecule has 0 fully saturated rings. The Kier molecular flexibility index (Phi) is 12.0. The van der Waals surface area contributed by atoms with Gasteiger partial charge in [-0.05, 0) is 95.9 Å². The van der Waals surface area contributed by atoms with Crippen molar-refractivity contribution in [2.24, 2.45) is 11.8 Å². The van der Waals surface area contributed by atoms with E-state index in [1.165, 1.54) is 33.4 Å². The van der Waals surface area contributed by atoms with E-state index in [0.717, 1.165) is 50.1 Å². The third kappa shape index (κ3) is 7.85. The third-order valence-corrected chi connectivity index (χ3v) is 10.2. The number of benzene rings is 4. The number of furan rings is 1. The van der Waals surface area contributed by atoms with Crippen LogP contribution in [-0.4, -0.2) is 15.0 Å². The van der Waals surface area contributed by atoms with Gasteiger partial charge in [0, 0.05) is 43.4 Å². The summed E-state index contributed by atoms with van der Waals surface area (Å²) in [6, 6.07) is 45.6. The Labute approximate surface area is 333 Å². The molecule has 0 amide bonds. The van der Waals surface area contributed by atoms with E-state index in [0.29, 0.717) is 23.5 Å². The Morgan fingerprint density at radius 2 is 1.39 bits per heavy atom. The van der Waals surface area contributed by atoms with Gasteiger partial charge in [0.15, 0.2) is 0 Å². The summed E-state index contributed by atoms with van der Waals surface area (Å²) in [6.07, 6.45) is 3.85. The van der Waals surface area contributed by atoms with Crippen molar-refractivity contribution < 1.29 is 24.5 Å². The minimum absolute atomic E-state index is 0. The summed E-state index contributed by atoms with van der Waals surface area (Å²) >= 11 is 0. The molecular weight excluding hydrogens is 839 g/mol. The standard InChI is InChI=1S/C38H37N2O.C11H8N.Ir/c1-22(2)35(23(3)4)32-21-39-34(20-25(32)6)31-15-11-14-29-30-18-19-33(40-38(30)41-37(29)31)36-24(5)16-17-28(26(36)7)27-12-9-8-10-13-27;1-2-6-10(7-3-1)11-8-4-5-9-12-11;/h8-14,16-23,35H,1-7H3;1-6,8-9H;/q2*-1;. The number of hydrogen-bond donors (Lipinski definition) is 0. The fourth-order valence-corrected chi connectivity index (χ4v) is 7.74. The molecule has 54 heavy (non-hydrogen) atoms. The van der Waals surface area contributed by atoms with Gasteiger partial charge in [0.2, 0.25) is 5.71 Å². The molecule has 273 valence electrons. The van der Waals surface area contributed by atoms with Crippen LogP contribution >= 0.6 is 0 Å². The molecule has 0 aliphatic heterocycles. The molecule has 4 aromatic carbocycles. The molecule has 0 bridgehead atoms. The van der Waals surface area contributed by atoms with Gasteiger partial charge in [0.05, 0.1) is 11.3 Å². The van der Waals surface area contributed by atoms with Gasteiger partial charge in [-0.25, -0.2) is 4.98 Å². The van der Waals surface area contributed by atoms with E-state index >= 15 is 0 Å². The van der Waals surface area contributed by atoms with Crippen LogP contribution in [0.3, 0.4) is 0 Å². The molecule has 0 aliphatic carbocycles. The molecule has 5 heteroatoms. The molecular formula is C49H45IrN3O-2. The van der Waals surface area contributed by atoms with Gasteiger partial charge in [-0.2, -0.15) is 0 Å². The number of pyridine rings is 3. The number of hydrogen-bond acceptors (Lipinski definition) is 4. The Morgan fingerprint density at radius 3 is 2.07 bits per heavy atom. The smallest absolute Gasteiger partial charge is 0.216 e. The third-order valence-electron chi connectivity index (χ3n) is 10.2. The molecule has 1 radical (unpaired) electrons. The first-order valence-electron chi connectivity index (χ1n) is 18.5. The van der Waals surface area contributed by atoms with E-state index in [9.17, 15) is 0 Å². The molecule has 0 atom stereocenters. The van der Waals surface area contributed by atoms with Crippen LogP contribution in [0.25, 0.3) is 67.0 Å². The second kappa shape index (κ2) is 16.8. The molecule has 4 aromatic heterocycles. The molecule has 0 N–H and O–H groups in total. The maximum Gasteiger partial charge on any atom is 0.216 e. The average molecular weight is 884 g/mol. The second-order valence-electron chi connectivity index (χ2n) is 14.5. The molecule has 8 aromatic rings. The first-order valence-corrected chi connectivity index (χ1v) is 18.5. The van der Waals surface area contributed by atoms with Gasteiger partial charge < -0.3 is 14.4 Å². The van der Waals surface area contributed by atoms with Crippen LogP contribution in [0, 0.1) is 44.7 Å². The molecule has 0 aliphatic rings. The monoisotopic (exact) mass is 884 g/mol. The van der Waals surface area contributed by atoms with E-state index in [1.807, 2.05) is 48.5 Å². The van der Waals surface area contributed by atoms with Gasteiger partial charge in [-0.15, -0.1) is 54.1 Å². The summed E-state index contributed by atoms with van der Waals surface area (Å²) in [5.41, 5.74) is 14.7. The van der Waals surface area contributed by atoms with Crippen molar-refractivity contribution in [1.82, 2.24) is 15.0 Å². The maximum absolute atomic E-state index is 6.51. The van der Waals surface area contributed by atoms with E-state index in [2.05, 4.69) is 139 Å². The summed E-state index contributed by atoms with van der Waals surface area (Å²) < 4.78 is 6.51. The largest absolute Gasteiger partial charge is 0.486 e. The van der Waals surface area contributed by atoms with Crippen LogP contribution in [-0.2, 0) is 20.1 Å². The number of nitrogens with zero attached hydrogens (tertiary/aromatic N) is 3. The molecule has 8 rings (SSSR count). The summed E-state index contributed by atoms with van der Waals surface area (Å²) in [5.74, 6) is 1.57. The number of aromatic nitrogens is 3. The van der Waals surface area contributed by atoms with Gasteiger partial charge in [-0.1, -0.05) is 105 Å². The average Bonchev–Trinajstić information content (AvgIpc) is 3.55.